The smallest absolute Gasteiger partial charge is 0.182 e. The summed E-state index contributed by atoms with van der Waals surface area (Å²) in [6, 6.07) is 11.3. The van der Waals surface area contributed by atoms with Gasteiger partial charge in [0.2, 0.25) is 0 Å². The van der Waals surface area contributed by atoms with E-state index in [2.05, 4.69) is 24.4 Å². The Labute approximate surface area is 155 Å². The summed E-state index contributed by atoms with van der Waals surface area (Å²) in [6.07, 6.45) is 7.73. The van der Waals surface area contributed by atoms with Gasteiger partial charge in [0.05, 0.1) is 5.69 Å². The van der Waals surface area contributed by atoms with E-state index in [1.807, 2.05) is 19.1 Å². The minimum absolute atomic E-state index is 0.217. The van der Waals surface area contributed by atoms with E-state index in [9.17, 15) is 8.78 Å². The molecule has 0 heterocycles. The van der Waals surface area contributed by atoms with Crippen molar-refractivity contribution < 1.29 is 8.78 Å². The van der Waals surface area contributed by atoms with E-state index in [-0.39, 0.29) is 5.69 Å². The predicted octanol–water partition coefficient (Wildman–Crippen LogP) is 7.14. The van der Waals surface area contributed by atoms with Crippen molar-refractivity contribution in [2.75, 3.05) is 11.9 Å². The average molecular weight is 357 g/mol. The Balaban J connectivity index is 1.73. The number of hydrogen-bond acceptors (Lipinski definition) is 1. The number of hydrogen-bond donors (Lipinski definition) is 1. The highest BCUT2D eigenvalue weighted by Gasteiger charge is 2.22. The van der Waals surface area contributed by atoms with Crippen molar-refractivity contribution in [1.29, 1.82) is 0 Å². The van der Waals surface area contributed by atoms with E-state index in [1.165, 1.54) is 44.1 Å². The van der Waals surface area contributed by atoms with Crippen molar-refractivity contribution in [2.45, 2.75) is 58.3 Å². The summed E-state index contributed by atoms with van der Waals surface area (Å²) in [7, 11) is 0. The van der Waals surface area contributed by atoms with Gasteiger partial charge in [-0.15, -0.1) is 0 Å². The zero-order valence-electron chi connectivity index (χ0n) is 15.8. The van der Waals surface area contributed by atoms with Crippen molar-refractivity contribution in [1.82, 2.24) is 0 Å². The molecule has 1 N–H and O–H groups in total. The first-order valence-electron chi connectivity index (χ1n) is 9.96. The largest absolute Gasteiger partial charge is 0.383 e. The highest BCUT2D eigenvalue weighted by molar-refractivity contribution is 5.67. The van der Waals surface area contributed by atoms with Gasteiger partial charge >= 0.3 is 0 Å². The molecule has 140 valence electrons. The summed E-state index contributed by atoms with van der Waals surface area (Å²) in [6.45, 7) is 4.68. The Morgan fingerprint density at radius 2 is 1.58 bits per heavy atom. The Bertz CT molecular complexity index is 716. The third-order valence-electron chi connectivity index (χ3n) is 5.69. The highest BCUT2D eigenvalue weighted by Crippen LogP contribution is 2.38. The minimum atomic E-state index is -0.803. The molecule has 0 unspecified atom stereocenters. The molecule has 1 aliphatic carbocycles. The lowest BCUT2D eigenvalue weighted by Crippen LogP contribution is -2.13. The van der Waals surface area contributed by atoms with Crippen LogP contribution >= 0.6 is 0 Å². The topological polar surface area (TPSA) is 12.0 Å². The molecule has 3 heteroatoms. The Kier molecular flexibility index (Phi) is 6.29. The average Bonchev–Trinajstić information content (AvgIpc) is 2.67. The zero-order chi connectivity index (χ0) is 18.5. The van der Waals surface area contributed by atoms with Crippen molar-refractivity contribution >= 4 is 5.69 Å². The van der Waals surface area contributed by atoms with E-state index < -0.39 is 11.6 Å². The van der Waals surface area contributed by atoms with Crippen molar-refractivity contribution in [3.05, 3.63) is 53.6 Å². The van der Waals surface area contributed by atoms with Crippen molar-refractivity contribution in [3.8, 4) is 11.1 Å². The Morgan fingerprint density at radius 1 is 0.885 bits per heavy atom. The van der Waals surface area contributed by atoms with E-state index >= 15 is 0 Å². The lowest BCUT2D eigenvalue weighted by atomic mass is 9.77. The number of benzene rings is 2. The summed E-state index contributed by atoms with van der Waals surface area (Å²) in [5, 5.41) is 2.84. The monoisotopic (exact) mass is 357 g/mol. The molecule has 1 aliphatic rings. The first-order valence-corrected chi connectivity index (χ1v) is 9.96. The van der Waals surface area contributed by atoms with Gasteiger partial charge in [0, 0.05) is 12.1 Å². The van der Waals surface area contributed by atoms with Crippen LogP contribution in [-0.4, -0.2) is 6.54 Å². The number of rotatable bonds is 6. The fraction of sp³-hybridized carbons (Fsp3) is 0.478. The quantitative estimate of drug-likeness (QED) is 0.579. The molecule has 0 atom stereocenters. The molecular weight excluding hydrogens is 328 g/mol. The molecule has 0 amide bonds. The molecule has 1 nitrogen and oxygen atoms in total. The fourth-order valence-corrected chi connectivity index (χ4v) is 4.23. The molecule has 2 aromatic carbocycles. The molecule has 0 bridgehead atoms. The standard InChI is InChI=1S/C23H29F2N/c1-3-5-16-6-8-17(9-7-16)18-10-12-19(13-11-18)20-14-15-21(26-4-2)23(25)22(20)24/h10-17,26H,3-9H2,1-2H3. The van der Waals surface area contributed by atoms with Crippen LogP contribution in [0.15, 0.2) is 36.4 Å². The first-order chi connectivity index (χ1) is 12.6. The fourth-order valence-electron chi connectivity index (χ4n) is 4.23. The molecule has 2 aromatic rings. The molecule has 3 rings (SSSR count). The summed E-state index contributed by atoms with van der Waals surface area (Å²) in [4.78, 5) is 0. The first kappa shape index (κ1) is 18.9. The molecule has 0 aliphatic heterocycles. The van der Waals surface area contributed by atoms with Gasteiger partial charge in [-0.05, 0) is 67.7 Å². The number of halogens is 2. The lowest BCUT2D eigenvalue weighted by molar-refractivity contribution is 0.308. The predicted molar refractivity (Wildman–Crippen MR) is 106 cm³/mol. The lowest BCUT2D eigenvalue weighted by Gasteiger charge is -2.28. The Hall–Kier alpha value is -1.90. The minimum Gasteiger partial charge on any atom is -0.383 e. The van der Waals surface area contributed by atoms with Crippen molar-refractivity contribution in [3.63, 3.8) is 0 Å². The van der Waals surface area contributed by atoms with Crippen LogP contribution in [0.1, 0.15) is 63.9 Å². The Morgan fingerprint density at radius 3 is 2.19 bits per heavy atom. The van der Waals surface area contributed by atoms with Gasteiger partial charge in [-0.2, -0.15) is 0 Å². The van der Waals surface area contributed by atoms with Crippen LogP contribution in [0.4, 0.5) is 14.5 Å². The van der Waals surface area contributed by atoms with E-state index in [4.69, 9.17) is 0 Å². The second-order valence-electron chi connectivity index (χ2n) is 7.45. The summed E-state index contributed by atoms with van der Waals surface area (Å²) in [5.41, 5.74) is 2.60. The van der Waals surface area contributed by atoms with Crippen LogP contribution < -0.4 is 5.32 Å². The SMILES string of the molecule is CCCC1CCC(c2ccc(-c3ccc(NCC)c(F)c3F)cc2)CC1. The third kappa shape index (κ3) is 4.08. The van der Waals surface area contributed by atoms with Crippen LogP contribution in [-0.2, 0) is 0 Å². The number of nitrogens with one attached hydrogen (secondary N) is 1. The molecular formula is C23H29F2N. The van der Waals surface area contributed by atoms with Gasteiger partial charge in [0.1, 0.15) is 0 Å². The van der Waals surface area contributed by atoms with Gasteiger partial charge in [0.15, 0.2) is 11.6 Å². The van der Waals surface area contributed by atoms with Crippen LogP contribution in [0.5, 0.6) is 0 Å². The maximum absolute atomic E-state index is 14.4. The number of anilines is 1. The van der Waals surface area contributed by atoms with Crippen LogP contribution in [0.25, 0.3) is 11.1 Å². The third-order valence-corrected chi connectivity index (χ3v) is 5.69. The highest BCUT2D eigenvalue weighted by atomic mass is 19.2. The van der Waals surface area contributed by atoms with Crippen LogP contribution in [0, 0.1) is 17.6 Å². The maximum atomic E-state index is 14.4. The second-order valence-corrected chi connectivity index (χ2v) is 7.45. The molecule has 0 saturated heterocycles. The summed E-state index contributed by atoms with van der Waals surface area (Å²) in [5.74, 6) is -0.0864. The van der Waals surface area contributed by atoms with Gasteiger partial charge in [0.25, 0.3) is 0 Å². The molecule has 1 saturated carbocycles. The van der Waals surface area contributed by atoms with E-state index in [0.29, 0.717) is 18.0 Å². The van der Waals surface area contributed by atoms with Crippen LogP contribution in [0.2, 0.25) is 0 Å². The zero-order valence-corrected chi connectivity index (χ0v) is 15.8. The normalized spacial score (nSPS) is 20.2. The molecule has 1 fully saturated rings. The van der Waals surface area contributed by atoms with Crippen molar-refractivity contribution in [2.24, 2.45) is 5.92 Å². The summed E-state index contributed by atoms with van der Waals surface area (Å²) < 4.78 is 28.6. The van der Waals surface area contributed by atoms with Gasteiger partial charge in [-0.25, -0.2) is 8.78 Å². The molecule has 0 aromatic heterocycles. The second kappa shape index (κ2) is 8.66. The van der Waals surface area contributed by atoms with Gasteiger partial charge in [-0.1, -0.05) is 44.0 Å². The van der Waals surface area contributed by atoms with Gasteiger partial charge in [-0.3, -0.25) is 0 Å². The molecule has 26 heavy (non-hydrogen) atoms. The van der Waals surface area contributed by atoms with Crippen LogP contribution in [0.3, 0.4) is 0 Å². The van der Waals surface area contributed by atoms with Gasteiger partial charge < -0.3 is 5.32 Å². The molecule has 0 spiro atoms. The van der Waals surface area contributed by atoms with E-state index in [0.717, 1.165) is 11.5 Å². The molecule has 0 radical (unpaired) electrons. The van der Waals surface area contributed by atoms with E-state index in [1.54, 1.807) is 12.1 Å². The maximum Gasteiger partial charge on any atom is 0.182 e. The summed E-state index contributed by atoms with van der Waals surface area (Å²) >= 11 is 0.